The number of aromatic nitrogens is 3. The SMILES string of the molecule is NC(=O)c1ccc(NC(=O)CCSc2nnc(-c3ccco3)c(-c3ccco3)n2)cc1. The zero-order chi connectivity index (χ0) is 21.6. The number of hydrogen-bond donors (Lipinski definition) is 2. The number of primary amides is 1. The second-order valence-corrected chi connectivity index (χ2v) is 7.40. The Labute approximate surface area is 181 Å². The summed E-state index contributed by atoms with van der Waals surface area (Å²) in [5, 5.41) is 11.6. The number of nitrogens with zero attached hydrogens (tertiary/aromatic N) is 3. The van der Waals surface area contributed by atoms with Gasteiger partial charge >= 0.3 is 0 Å². The molecule has 10 heteroatoms. The van der Waals surface area contributed by atoms with Crippen LogP contribution in [0.15, 0.2) is 75.0 Å². The van der Waals surface area contributed by atoms with Gasteiger partial charge in [-0.2, -0.15) is 0 Å². The van der Waals surface area contributed by atoms with Crippen LogP contribution in [0.25, 0.3) is 22.9 Å². The third-order valence-corrected chi connectivity index (χ3v) is 5.03. The lowest BCUT2D eigenvalue weighted by molar-refractivity contribution is -0.115. The fourth-order valence-corrected chi connectivity index (χ4v) is 3.44. The summed E-state index contributed by atoms with van der Waals surface area (Å²) in [7, 11) is 0. The highest BCUT2D eigenvalue weighted by Gasteiger charge is 2.18. The van der Waals surface area contributed by atoms with E-state index < -0.39 is 5.91 Å². The van der Waals surface area contributed by atoms with Crippen molar-refractivity contribution in [1.82, 2.24) is 15.2 Å². The lowest BCUT2D eigenvalue weighted by atomic mass is 10.2. The molecule has 3 N–H and O–H groups in total. The molecular formula is C21H17N5O4S. The molecule has 9 nitrogen and oxygen atoms in total. The lowest BCUT2D eigenvalue weighted by Gasteiger charge is -2.07. The van der Waals surface area contributed by atoms with Crippen molar-refractivity contribution in [1.29, 1.82) is 0 Å². The molecule has 0 aliphatic heterocycles. The molecule has 0 spiro atoms. The zero-order valence-corrected chi connectivity index (χ0v) is 17.0. The quantitative estimate of drug-likeness (QED) is 0.400. The Morgan fingerprint density at radius 1 is 0.935 bits per heavy atom. The van der Waals surface area contributed by atoms with Crippen molar-refractivity contribution < 1.29 is 18.4 Å². The lowest BCUT2D eigenvalue weighted by Crippen LogP contribution is -2.13. The second kappa shape index (κ2) is 9.26. The van der Waals surface area contributed by atoms with Crippen LogP contribution in [0.2, 0.25) is 0 Å². The maximum atomic E-state index is 12.2. The largest absolute Gasteiger partial charge is 0.463 e. The van der Waals surface area contributed by atoms with Crippen molar-refractivity contribution >= 4 is 29.3 Å². The predicted octanol–water partition coefficient (Wildman–Crippen LogP) is 3.61. The van der Waals surface area contributed by atoms with Crippen molar-refractivity contribution in [3.05, 3.63) is 66.6 Å². The minimum atomic E-state index is -0.519. The highest BCUT2D eigenvalue weighted by Crippen LogP contribution is 2.30. The van der Waals surface area contributed by atoms with Gasteiger partial charge in [0.25, 0.3) is 0 Å². The van der Waals surface area contributed by atoms with E-state index in [1.54, 1.807) is 61.1 Å². The average molecular weight is 435 g/mol. The van der Waals surface area contributed by atoms with Gasteiger partial charge in [0.2, 0.25) is 17.0 Å². The molecule has 2 amide bonds. The molecule has 0 saturated carbocycles. The number of benzene rings is 1. The van der Waals surface area contributed by atoms with Gasteiger partial charge in [-0.1, -0.05) is 11.8 Å². The number of carbonyl (C=O) groups excluding carboxylic acids is 2. The molecule has 0 aliphatic carbocycles. The molecule has 0 unspecified atom stereocenters. The summed E-state index contributed by atoms with van der Waals surface area (Å²) in [5.74, 6) is 0.829. The van der Waals surface area contributed by atoms with E-state index in [-0.39, 0.29) is 12.3 Å². The molecule has 156 valence electrons. The maximum Gasteiger partial charge on any atom is 0.248 e. The highest BCUT2D eigenvalue weighted by atomic mass is 32.2. The summed E-state index contributed by atoms with van der Waals surface area (Å²) in [6, 6.07) is 13.4. The van der Waals surface area contributed by atoms with Crippen molar-refractivity contribution in [2.24, 2.45) is 5.73 Å². The van der Waals surface area contributed by atoms with Crippen LogP contribution in [0, 0.1) is 0 Å². The average Bonchev–Trinajstić information content (AvgIpc) is 3.48. The molecule has 3 heterocycles. The van der Waals surface area contributed by atoms with Crippen LogP contribution in [0.4, 0.5) is 5.69 Å². The smallest absolute Gasteiger partial charge is 0.248 e. The molecule has 0 aliphatic rings. The van der Waals surface area contributed by atoms with Crippen molar-refractivity contribution in [3.63, 3.8) is 0 Å². The first-order chi connectivity index (χ1) is 15.1. The van der Waals surface area contributed by atoms with Crippen LogP contribution < -0.4 is 11.1 Å². The Kier molecular flexibility index (Phi) is 6.08. The van der Waals surface area contributed by atoms with Gasteiger partial charge in [-0.05, 0) is 48.5 Å². The van der Waals surface area contributed by atoms with E-state index in [2.05, 4.69) is 20.5 Å². The Morgan fingerprint density at radius 3 is 2.23 bits per heavy atom. The fraction of sp³-hybridized carbons (Fsp3) is 0.0952. The minimum Gasteiger partial charge on any atom is -0.463 e. The summed E-state index contributed by atoms with van der Waals surface area (Å²) < 4.78 is 10.9. The zero-order valence-electron chi connectivity index (χ0n) is 16.1. The summed E-state index contributed by atoms with van der Waals surface area (Å²) in [6.07, 6.45) is 3.34. The topological polar surface area (TPSA) is 137 Å². The van der Waals surface area contributed by atoms with Crippen LogP contribution in [0.5, 0.6) is 0 Å². The Morgan fingerprint density at radius 2 is 1.61 bits per heavy atom. The first-order valence-electron chi connectivity index (χ1n) is 9.25. The molecular weight excluding hydrogens is 418 g/mol. The second-order valence-electron chi connectivity index (χ2n) is 6.33. The number of thioether (sulfide) groups is 1. The van der Waals surface area contributed by atoms with Gasteiger partial charge in [0, 0.05) is 23.4 Å². The summed E-state index contributed by atoms with van der Waals surface area (Å²) >= 11 is 1.30. The first kappa shape index (κ1) is 20.4. The number of nitrogens with one attached hydrogen (secondary N) is 1. The van der Waals surface area contributed by atoms with Crippen molar-refractivity contribution in [2.75, 3.05) is 11.1 Å². The van der Waals surface area contributed by atoms with E-state index in [0.717, 1.165) is 0 Å². The van der Waals surface area contributed by atoms with Crippen molar-refractivity contribution in [2.45, 2.75) is 11.6 Å². The number of carbonyl (C=O) groups is 2. The monoisotopic (exact) mass is 435 g/mol. The third-order valence-electron chi connectivity index (χ3n) is 4.19. The highest BCUT2D eigenvalue weighted by molar-refractivity contribution is 7.99. The van der Waals surface area contributed by atoms with E-state index in [9.17, 15) is 9.59 Å². The third kappa shape index (κ3) is 4.98. The van der Waals surface area contributed by atoms with Gasteiger partial charge < -0.3 is 19.9 Å². The van der Waals surface area contributed by atoms with Crippen LogP contribution >= 0.6 is 11.8 Å². The van der Waals surface area contributed by atoms with Gasteiger partial charge in [0.15, 0.2) is 17.2 Å². The maximum absolute atomic E-state index is 12.2. The van der Waals surface area contributed by atoms with Gasteiger partial charge in [0.05, 0.1) is 12.5 Å². The van der Waals surface area contributed by atoms with E-state index in [0.29, 0.717) is 45.1 Å². The van der Waals surface area contributed by atoms with Crippen LogP contribution in [0.1, 0.15) is 16.8 Å². The van der Waals surface area contributed by atoms with E-state index in [4.69, 9.17) is 14.6 Å². The number of nitrogens with two attached hydrogens (primary N) is 1. The minimum absolute atomic E-state index is 0.175. The summed E-state index contributed by atoms with van der Waals surface area (Å²) in [4.78, 5) is 27.8. The molecule has 0 bridgehead atoms. The molecule has 0 atom stereocenters. The molecule has 0 fully saturated rings. The molecule has 0 saturated heterocycles. The van der Waals surface area contributed by atoms with Crippen LogP contribution in [0.3, 0.4) is 0 Å². The number of amides is 2. The Balaban J connectivity index is 1.39. The number of rotatable bonds is 8. The van der Waals surface area contributed by atoms with Crippen LogP contribution in [-0.4, -0.2) is 32.7 Å². The summed E-state index contributed by atoms with van der Waals surface area (Å²) in [5.41, 5.74) is 7.15. The van der Waals surface area contributed by atoms with Gasteiger partial charge in [-0.25, -0.2) is 4.98 Å². The normalized spacial score (nSPS) is 10.7. The van der Waals surface area contributed by atoms with Gasteiger partial charge in [-0.3, -0.25) is 9.59 Å². The van der Waals surface area contributed by atoms with Gasteiger partial charge in [-0.15, -0.1) is 10.2 Å². The number of anilines is 1. The molecule has 4 rings (SSSR count). The Hall–Kier alpha value is -3.92. The van der Waals surface area contributed by atoms with E-state index in [1.807, 2.05) is 0 Å². The molecule has 3 aromatic heterocycles. The standard InChI is InChI=1S/C21H17N5O4S/c22-20(28)13-5-7-14(8-6-13)23-17(27)9-12-31-21-24-18(15-3-1-10-29-15)19(25-26-21)16-4-2-11-30-16/h1-8,10-11H,9,12H2,(H2,22,28)(H,23,27). The summed E-state index contributed by atoms with van der Waals surface area (Å²) in [6.45, 7) is 0. The predicted molar refractivity (Wildman–Crippen MR) is 114 cm³/mol. The molecule has 0 radical (unpaired) electrons. The fourth-order valence-electron chi connectivity index (χ4n) is 2.71. The number of furan rings is 2. The molecule has 1 aromatic carbocycles. The number of hydrogen-bond acceptors (Lipinski definition) is 8. The molecule has 4 aromatic rings. The Bertz CT molecular complexity index is 1180. The van der Waals surface area contributed by atoms with E-state index in [1.165, 1.54) is 11.8 Å². The van der Waals surface area contributed by atoms with Crippen molar-refractivity contribution in [3.8, 4) is 22.9 Å². The van der Waals surface area contributed by atoms with Crippen LogP contribution in [-0.2, 0) is 4.79 Å². The van der Waals surface area contributed by atoms with Gasteiger partial charge in [0.1, 0.15) is 5.69 Å². The van der Waals surface area contributed by atoms with E-state index >= 15 is 0 Å². The molecule has 31 heavy (non-hydrogen) atoms. The first-order valence-corrected chi connectivity index (χ1v) is 10.2.